The van der Waals surface area contributed by atoms with Crippen LogP contribution in [0.25, 0.3) is 0 Å². The molecular formula is C16H22N2O5. The average molecular weight is 322 g/mol. The van der Waals surface area contributed by atoms with Crippen LogP contribution in [-0.2, 0) is 4.74 Å². The summed E-state index contributed by atoms with van der Waals surface area (Å²) in [7, 11) is 1.47. The first-order chi connectivity index (χ1) is 10.7. The lowest BCUT2D eigenvalue weighted by atomic mass is 9.96. The van der Waals surface area contributed by atoms with Gasteiger partial charge in [0.15, 0.2) is 0 Å². The van der Waals surface area contributed by atoms with Gasteiger partial charge in [-0.1, -0.05) is 0 Å². The Kier molecular flexibility index (Phi) is 4.77. The van der Waals surface area contributed by atoms with Crippen molar-refractivity contribution in [3.8, 4) is 5.75 Å². The monoisotopic (exact) mass is 322 g/mol. The molecular weight excluding hydrogens is 300 g/mol. The third-order valence-electron chi connectivity index (χ3n) is 3.71. The Bertz CT molecular complexity index is 609. The zero-order chi connectivity index (χ0) is 17.2. The fourth-order valence-corrected chi connectivity index (χ4v) is 2.66. The Hall–Kier alpha value is -2.31. The Balaban J connectivity index is 2.16. The first kappa shape index (κ1) is 17.1. The first-order valence-electron chi connectivity index (χ1n) is 7.51. The molecule has 1 heterocycles. The summed E-state index contributed by atoms with van der Waals surface area (Å²) in [5, 5.41) is 11.3. The van der Waals surface area contributed by atoms with Gasteiger partial charge >= 0.3 is 6.09 Å². The van der Waals surface area contributed by atoms with Gasteiger partial charge in [0.05, 0.1) is 18.1 Å². The largest absolute Gasteiger partial charge is 0.497 e. The van der Waals surface area contributed by atoms with E-state index in [9.17, 15) is 14.9 Å². The lowest BCUT2D eigenvalue weighted by Crippen LogP contribution is -2.35. The van der Waals surface area contributed by atoms with Gasteiger partial charge < -0.3 is 14.4 Å². The molecule has 0 aliphatic carbocycles. The SMILES string of the molecule is COc1ccc(C2CCN(C(=O)OC(C)(C)C)C2)c([N+](=O)[O-])c1. The average Bonchev–Trinajstić information content (AvgIpc) is 2.94. The van der Waals surface area contributed by atoms with Crippen molar-refractivity contribution in [2.75, 3.05) is 20.2 Å². The molecule has 126 valence electrons. The number of nitro benzene ring substituents is 1. The highest BCUT2D eigenvalue weighted by atomic mass is 16.6. The molecule has 0 spiro atoms. The maximum atomic E-state index is 12.1. The summed E-state index contributed by atoms with van der Waals surface area (Å²) in [5.41, 5.74) is 0.101. The Morgan fingerprint density at radius 2 is 2.09 bits per heavy atom. The molecule has 1 aromatic rings. The normalized spacial score (nSPS) is 17.9. The smallest absolute Gasteiger partial charge is 0.410 e. The summed E-state index contributed by atoms with van der Waals surface area (Å²) in [4.78, 5) is 24.6. The van der Waals surface area contributed by atoms with Crippen molar-refractivity contribution in [3.63, 3.8) is 0 Å². The number of nitrogens with zero attached hydrogens (tertiary/aromatic N) is 2. The van der Waals surface area contributed by atoms with E-state index in [-0.39, 0.29) is 17.7 Å². The minimum atomic E-state index is -0.554. The van der Waals surface area contributed by atoms with Gasteiger partial charge in [0, 0.05) is 24.6 Å². The quantitative estimate of drug-likeness (QED) is 0.630. The molecule has 0 saturated carbocycles. The van der Waals surface area contributed by atoms with Gasteiger partial charge in [-0.05, 0) is 39.3 Å². The van der Waals surface area contributed by atoms with Gasteiger partial charge in [-0.15, -0.1) is 0 Å². The number of nitro groups is 1. The van der Waals surface area contributed by atoms with E-state index < -0.39 is 10.5 Å². The number of likely N-dealkylation sites (tertiary alicyclic amines) is 1. The number of ether oxygens (including phenoxy) is 2. The van der Waals surface area contributed by atoms with Crippen molar-refractivity contribution in [2.45, 2.75) is 38.7 Å². The summed E-state index contributed by atoms with van der Waals surface area (Å²) < 4.78 is 10.4. The summed E-state index contributed by atoms with van der Waals surface area (Å²) in [6.07, 6.45) is 0.294. The third kappa shape index (κ3) is 4.12. The van der Waals surface area contributed by atoms with Crippen LogP contribution in [0, 0.1) is 10.1 Å². The van der Waals surface area contributed by atoms with Gasteiger partial charge in [0.2, 0.25) is 0 Å². The van der Waals surface area contributed by atoms with Crippen LogP contribution in [0.4, 0.5) is 10.5 Å². The van der Waals surface area contributed by atoms with Crippen LogP contribution in [0.5, 0.6) is 5.75 Å². The molecule has 1 aromatic carbocycles. The van der Waals surface area contributed by atoms with Crippen LogP contribution >= 0.6 is 0 Å². The van der Waals surface area contributed by atoms with E-state index in [1.54, 1.807) is 17.0 Å². The second-order valence-electron chi connectivity index (χ2n) is 6.59. The number of carbonyl (C=O) groups is 1. The predicted molar refractivity (Wildman–Crippen MR) is 84.8 cm³/mol. The Morgan fingerprint density at radius 3 is 2.65 bits per heavy atom. The maximum absolute atomic E-state index is 12.1. The van der Waals surface area contributed by atoms with Crippen molar-refractivity contribution in [1.29, 1.82) is 0 Å². The standard InChI is InChI=1S/C16H22N2O5/c1-16(2,3)23-15(19)17-8-7-11(10-17)13-6-5-12(22-4)9-14(13)18(20)21/h5-6,9,11H,7-8,10H2,1-4H3. The number of carbonyl (C=O) groups excluding carboxylic acids is 1. The third-order valence-corrected chi connectivity index (χ3v) is 3.71. The molecule has 1 amide bonds. The second kappa shape index (κ2) is 6.44. The minimum absolute atomic E-state index is 0.0281. The zero-order valence-corrected chi connectivity index (χ0v) is 13.9. The topological polar surface area (TPSA) is 81.9 Å². The number of amides is 1. The molecule has 0 N–H and O–H groups in total. The number of hydrogen-bond donors (Lipinski definition) is 0. The predicted octanol–water partition coefficient (Wildman–Crippen LogP) is 3.33. The van der Waals surface area contributed by atoms with Crippen molar-refractivity contribution >= 4 is 11.8 Å². The molecule has 0 radical (unpaired) electrons. The van der Waals surface area contributed by atoms with Crippen molar-refractivity contribution in [3.05, 3.63) is 33.9 Å². The molecule has 2 rings (SSSR count). The Morgan fingerprint density at radius 1 is 1.39 bits per heavy atom. The van der Waals surface area contributed by atoms with Crippen molar-refractivity contribution < 1.29 is 19.2 Å². The highest BCUT2D eigenvalue weighted by Crippen LogP contribution is 2.36. The molecule has 1 saturated heterocycles. The molecule has 1 fully saturated rings. The molecule has 1 atom stereocenters. The van der Waals surface area contributed by atoms with Gasteiger partial charge in [0.25, 0.3) is 5.69 Å². The van der Waals surface area contributed by atoms with Crippen LogP contribution in [0.3, 0.4) is 0 Å². The summed E-state index contributed by atoms with van der Waals surface area (Å²) in [5.74, 6) is 0.372. The molecule has 0 aromatic heterocycles. The van der Waals surface area contributed by atoms with Gasteiger partial charge in [-0.2, -0.15) is 0 Å². The lowest BCUT2D eigenvalue weighted by molar-refractivity contribution is -0.385. The number of rotatable bonds is 3. The molecule has 7 nitrogen and oxygen atoms in total. The summed E-state index contributed by atoms with van der Waals surface area (Å²) in [6.45, 7) is 6.39. The van der Waals surface area contributed by atoms with Crippen LogP contribution in [0.15, 0.2) is 18.2 Å². The fourth-order valence-electron chi connectivity index (χ4n) is 2.66. The first-order valence-corrected chi connectivity index (χ1v) is 7.51. The molecule has 1 unspecified atom stereocenters. The zero-order valence-electron chi connectivity index (χ0n) is 13.9. The minimum Gasteiger partial charge on any atom is -0.497 e. The highest BCUT2D eigenvalue weighted by molar-refractivity contribution is 5.68. The van der Waals surface area contributed by atoms with Crippen molar-refractivity contribution in [1.82, 2.24) is 4.90 Å². The van der Waals surface area contributed by atoms with E-state index in [4.69, 9.17) is 9.47 Å². The molecule has 23 heavy (non-hydrogen) atoms. The van der Waals surface area contributed by atoms with Crippen LogP contribution in [0.2, 0.25) is 0 Å². The van der Waals surface area contributed by atoms with Gasteiger partial charge in [0.1, 0.15) is 11.4 Å². The molecule has 7 heteroatoms. The van der Waals surface area contributed by atoms with E-state index in [0.29, 0.717) is 30.8 Å². The van der Waals surface area contributed by atoms with E-state index in [1.165, 1.54) is 13.2 Å². The van der Waals surface area contributed by atoms with Gasteiger partial charge in [-0.3, -0.25) is 10.1 Å². The van der Waals surface area contributed by atoms with E-state index in [0.717, 1.165) is 0 Å². The van der Waals surface area contributed by atoms with Crippen molar-refractivity contribution in [2.24, 2.45) is 0 Å². The highest BCUT2D eigenvalue weighted by Gasteiger charge is 2.33. The van der Waals surface area contributed by atoms with E-state index >= 15 is 0 Å². The number of benzene rings is 1. The van der Waals surface area contributed by atoms with Gasteiger partial charge in [-0.25, -0.2) is 4.79 Å². The number of methoxy groups -OCH3 is 1. The van der Waals surface area contributed by atoms with E-state index in [1.807, 2.05) is 20.8 Å². The number of hydrogen-bond acceptors (Lipinski definition) is 5. The molecule has 1 aliphatic rings. The van der Waals surface area contributed by atoms with Crippen LogP contribution in [0.1, 0.15) is 38.7 Å². The maximum Gasteiger partial charge on any atom is 0.410 e. The summed E-state index contributed by atoms with van der Waals surface area (Å²) >= 11 is 0. The summed E-state index contributed by atoms with van der Waals surface area (Å²) in [6, 6.07) is 4.84. The fraction of sp³-hybridized carbons (Fsp3) is 0.562. The molecule has 1 aliphatic heterocycles. The Labute approximate surface area is 135 Å². The lowest BCUT2D eigenvalue weighted by Gasteiger charge is -2.24. The van der Waals surface area contributed by atoms with Crippen LogP contribution < -0.4 is 4.74 Å². The van der Waals surface area contributed by atoms with Crippen LogP contribution in [-0.4, -0.2) is 41.7 Å². The van der Waals surface area contributed by atoms with E-state index in [2.05, 4.69) is 0 Å². The molecule has 0 bridgehead atoms. The second-order valence-corrected chi connectivity index (χ2v) is 6.59.